The average molecular weight is 479 g/mol. The third kappa shape index (κ3) is 5.41. The Balaban J connectivity index is 1.30. The summed E-state index contributed by atoms with van der Waals surface area (Å²) < 4.78 is 22.5. The summed E-state index contributed by atoms with van der Waals surface area (Å²) in [7, 11) is 1.64. The van der Waals surface area contributed by atoms with E-state index in [0.29, 0.717) is 23.7 Å². The molecule has 5 heteroatoms. The van der Waals surface area contributed by atoms with Crippen LogP contribution in [0.4, 0.5) is 0 Å². The highest BCUT2D eigenvalue weighted by Crippen LogP contribution is 2.33. The molecule has 4 aromatic carbocycles. The molecule has 0 saturated carbocycles. The average Bonchev–Trinajstić information content (AvgIpc) is 3.40. The predicted molar refractivity (Wildman–Crippen MR) is 139 cm³/mol. The molecule has 0 spiro atoms. The van der Waals surface area contributed by atoms with Crippen LogP contribution in [-0.4, -0.2) is 19.7 Å². The van der Waals surface area contributed by atoms with E-state index in [1.807, 2.05) is 54.6 Å². The lowest BCUT2D eigenvalue weighted by molar-refractivity contribution is 0.104. The molecular formula is C31H26O5. The molecule has 0 amide bonds. The van der Waals surface area contributed by atoms with Gasteiger partial charge in [0.1, 0.15) is 18.1 Å². The molecule has 0 saturated heterocycles. The SMILES string of the molecule is COc1ccc(/C=C/C(=O)c2ccc3c(c2)OCO3)cc1COc1ccccc1Cc1ccccc1. The van der Waals surface area contributed by atoms with Gasteiger partial charge in [0.15, 0.2) is 17.3 Å². The Morgan fingerprint density at radius 3 is 2.50 bits per heavy atom. The molecule has 0 atom stereocenters. The summed E-state index contributed by atoms with van der Waals surface area (Å²) in [5, 5.41) is 0. The molecule has 36 heavy (non-hydrogen) atoms. The van der Waals surface area contributed by atoms with Gasteiger partial charge in [0.25, 0.3) is 0 Å². The van der Waals surface area contributed by atoms with Crippen molar-refractivity contribution in [2.45, 2.75) is 13.0 Å². The van der Waals surface area contributed by atoms with Gasteiger partial charge in [0.2, 0.25) is 6.79 Å². The van der Waals surface area contributed by atoms with Crippen molar-refractivity contribution in [1.82, 2.24) is 0 Å². The molecular weight excluding hydrogens is 452 g/mol. The fourth-order valence-corrected chi connectivity index (χ4v) is 4.09. The molecule has 0 N–H and O–H groups in total. The van der Waals surface area contributed by atoms with Gasteiger partial charge in [0, 0.05) is 17.5 Å². The first kappa shape index (κ1) is 23.2. The second-order valence-electron chi connectivity index (χ2n) is 8.40. The third-order valence-electron chi connectivity index (χ3n) is 5.98. The first-order valence-corrected chi connectivity index (χ1v) is 11.7. The summed E-state index contributed by atoms with van der Waals surface area (Å²) in [6, 6.07) is 29.4. The van der Waals surface area contributed by atoms with Crippen molar-refractivity contribution in [2.75, 3.05) is 13.9 Å². The highest BCUT2D eigenvalue weighted by Gasteiger charge is 2.15. The number of para-hydroxylation sites is 1. The van der Waals surface area contributed by atoms with Crippen molar-refractivity contribution in [1.29, 1.82) is 0 Å². The summed E-state index contributed by atoms with van der Waals surface area (Å²) >= 11 is 0. The zero-order chi connectivity index (χ0) is 24.7. The van der Waals surface area contributed by atoms with Crippen molar-refractivity contribution in [3.63, 3.8) is 0 Å². The molecule has 180 valence electrons. The number of carbonyl (C=O) groups excluding carboxylic acids is 1. The van der Waals surface area contributed by atoms with E-state index in [1.54, 1.807) is 37.5 Å². The molecule has 0 unspecified atom stereocenters. The fourth-order valence-electron chi connectivity index (χ4n) is 4.09. The summed E-state index contributed by atoms with van der Waals surface area (Å²) in [6.07, 6.45) is 4.14. The molecule has 0 aromatic heterocycles. The summed E-state index contributed by atoms with van der Waals surface area (Å²) in [5.41, 5.74) is 4.66. The van der Waals surface area contributed by atoms with E-state index < -0.39 is 0 Å². The van der Waals surface area contributed by atoms with Crippen molar-refractivity contribution in [2.24, 2.45) is 0 Å². The molecule has 1 heterocycles. The van der Waals surface area contributed by atoms with E-state index in [9.17, 15) is 4.79 Å². The second kappa shape index (κ2) is 10.8. The number of benzene rings is 4. The van der Waals surface area contributed by atoms with E-state index in [1.165, 1.54) is 5.56 Å². The quantitative estimate of drug-likeness (QED) is 0.203. The van der Waals surface area contributed by atoms with Crippen LogP contribution in [0.3, 0.4) is 0 Å². The number of ketones is 1. The van der Waals surface area contributed by atoms with Crippen LogP contribution in [0.2, 0.25) is 0 Å². The van der Waals surface area contributed by atoms with Gasteiger partial charge in [-0.05, 0) is 59.2 Å². The van der Waals surface area contributed by atoms with Crippen molar-refractivity contribution in [3.05, 3.63) is 125 Å². The van der Waals surface area contributed by atoms with E-state index in [2.05, 4.69) is 18.2 Å². The van der Waals surface area contributed by atoms with Crippen LogP contribution >= 0.6 is 0 Å². The Hall–Kier alpha value is -4.51. The van der Waals surface area contributed by atoms with Gasteiger partial charge in [-0.3, -0.25) is 4.79 Å². The van der Waals surface area contributed by atoms with Gasteiger partial charge < -0.3 is 18.9 Å². The number of hydrogen-bond donors (Lipinski definition) is 0. The number of fused-ring (bicyclic) bond motifs is 1. The highest BCUT2D eigenvalue weighted by molar-refractivity contribution is 6.07. The van der Waals surface area contributed by atoms with Crippen LogP contribution in [0.25, 0.3) is 6.08 Å². The normalized spacial score (nSPS) is 12.0. The third-order valence-corrected chi connectivity index (χ3v) is 5.98. The Morgan fingerprint density at radius 1 is 0.833 bits per heavy atom. The highest BCUT2D eigenvalue weighted by atomic mass is 16.7. The fraction of sp³-hybridized carbons (Fsp3) is 0.129. The summed E-state index contributed by atoms with van der Waals surface area (Å²) in [4.78, 5) is 12.7. The zero-order valence-electron chi connectivity index (χ0n) is 20.0. The Morgan fingerprint density at radius 2 is 1.64 bits per heavy atom. The number of methoxy groups -OCH3 is 1. The standard InChI is InChI=1S/C31H26O5/c1-33-28-15-12-23(11-14-27(32)24-13-16-30-31(19-24)36-21-35-30)18-26(28)20-34-29-10-6-5-9-25(29)17-22-7-3-2-4-8-22/h2-16,18-19H,17,20-21H2,1H3/b14-11+. The van der Waals surface area contributed by atoms with Gasteiger partial charge in [-0.1, -0.05) is 60.7 Å². The lowest BCUT2D eigenvalue weighted by Crippen LogP contribution is -2.02. The van der Waals surface area contributed by atoms with Crippen LogP contribution in [-0.2, 0) is 13.0 Å². The molecule has 5 rings (SSSR count). The summed E-state index contributed by atoms with van der Waals surface area (Å²) in [5.74, 6) is 2.69. The molecule has 5 nitrogen and oxygen atoms in total. The largest absolute Gasteiger partial charge is 0.496 e. The molecule has 0 fully saturated rings. The van der Waals surface area contributed by atoms with E-state index >= 15 is 0 Å². The maximum Gasteiger partial charge on any atom is 0.231 e. The first-order chi connectivity index (χ1) is 17.7. The predicted octanol–water partition coefficient (Wildman–Crippen LogP) is 6.49. The molecule has 4 aromatic rings. The van der Waals surface area contributed by atoms with E-state index in [-0.39, 0.29) is 12.6 Å². The minimum atomic E-state index is -0.114. The van der Waals surface area contributed by atoms with Crippen LogP contribution in [0.15, 0.2) is 97.1 Å². The summed E-state index contributed by atoms with van der Waals surface area (Å²) in [6.45, 7) is 0.517. The van der Waals surface area contributed by atoms with E-state index in [4.69, 9.17) is 18.9 Å². The maximum atomic E-state index is 12.7. The first-order valence-electron chi connectivity index (χ1n) is 11.7. The number of rotatable bonds is 9. The molecule has 0 bridgehead atoms. The van der Waals surface area contributed by atoms with Crippen LogP contribution in [0, 0.1) is 0 Å². The monoisotopic (exact) mass is 478 g/mol. The second-order valence-corrected chi connectivity index (χ2v) is 8.40. The lowest BCUT2D eigenvalue weighted by atomic mass is 10.0. The Bertz CT molecular complexity index is 1390. The van der Waals surface area contributed by atoms with Crippen LogP contribution in [0.1, 0.15) is 32.6 Å². The topological polar surface area (TPSA) is 54.0 Å². The number of ether oxygens (including phenoxy) is 4. The van der Waals surface area contributed by atoms with Gasteiger partial charge >= 0.3 is 0 Å². The van der Waals surface area contributed by atoms with E-state index in [0.717, 1.165) is 34.6 Å². The maximum absolute atomic E-state index is 12.7. The van der Waals surface area contributed by atoms with Crippen LogP contribution < -0.4 is 18.9 Å². The smallest absolute Gasteiger partial charge is 0.231 e. The number of allylic oxidation sites excluding steroid dienone is 1. The lowest BCUT2D eigenvalue weighted by Gasteiger charge is -2.14. The zero-order valence-corrected chi connectivity index (χ0v) is 20.0. The Kier molecular flexibility index (Phi) is 6.99. The number of hydrogen-bond acceptors (Lipinski definition) is 5. The molecule has 0 radical (unpaired) electrons. The van der Waals surface area contributed by atoms with Gasteiger partial charge in [-0.25, -0.2) is 0 Å². The Labute approximate surface area is 210 Å². The van der Waals surface area contributed by atoms with Gasteiger partial charge in [-0.2, -0.15) is 0 Å². The molecule has 0 aliphatic carbocycles. The van der Waals surface area contributed by atoms with Crippen molar-refractivity contribution in [3.8, 4) is 23.0 Å². The van der Waals surface area contributed by atoms with Crippen LogP contribution in [0.5, 0.6) is 23.0 Å². The molecule has 1 aliphatic rings. The van der Waals surface area contributed by atoms with Gasteiger partial charge in [0.05, 0.1) is 7.11 Å². The molecule has 1 aliphatic heterocycles. The number of carbonyl (C=O) groups is 1. The van der Waals surface area contributed by atoms with Crippen molar-refractivity contribution >= 4 is 11.9 Å². The minimum absolute atomic E-state index is 0.114. The minimum Gasteiger partial charge on any atom is -0.496 e. The van der Waals surface area contributed by atoms with Gasteiger partial charge in [-0.15, -0.1) is 0 Å². The van der Waals surface area contributed by atoms with Crippen molar-refractivity contribution < 1.29 is 23.7 Å².